The molecule has 0 spiro atoms. The maximum Gasteiger partial charge on any atom is 0.416 e. The van der Waals surface area contributed by atoms with Crippen molar-refractivity contribution in [3.63, 3.8) is 0 Å². The summed E-state index contributed by atoms with van der Waals surface area (Å²) < 4.78 is 65.0. The highest BCUT2D eigenvalue weighted by Gasteiger charge is 2.31. The molecule has 2 aromatic rings. The zero-order valence-electron chi connectivity index (χ0n) is 15.0. The molecule has 1 N–H and O–H groups in total. The first kappa shape index (κ1) is 22.4. The quantitative estimate of drug-likeness (QED) is 0.682. The fourth-order valence-corrected chi connectivity index (χ4v) is 3.82. The van der Waals surface area contributed by atoms with E-state index in [0.717, 1.165) is 16.4 Å². The van der Waals surface area contributed by atoms with Crippen LogP contribution < -0.4 is 5.32 Å². The van der Waals surface area contributed by atoms with E-state index in [1.807, 2.05) is 0 Å². The van der Waals surface area contributed by atoms with Crippen LogP contribution in [0.3, 0.4) is 0 Å². The van der Waals surface area contributed by atoms with Crippen molar-refractivity contribution in [2.45, 2.75) is 24.0 Å². The van der Waals surface area contributed by atoms with Gasteiger partial charge in [-0.15, -0.1) is 0 Å². The minimum atomic E-state index is -4.49. The Kier molecular flexibility index (Phi) is 6.89. The standard InChI is InChI=1S/C18H18BrF3N2O3S/c1-12(13-4-3-5-14(10-13)18(20,21)22)23-17(25)11-24(2)28(26,27)16-8-6-15(19)7-9-16/h3-10,12H,11H2,1-2H3,(H,23,25). The summed E-state index contributed by atoms with van der Waals surface area (Å²) in [5, 5.41) is 2.52. The van der Waals surface area contributed by atoms with Gasteiger partial charge in [0.25, 0.3) is 0 Å². The van der Waals surface area contributed by atoms with E-state index < -0.39 is 40.3 Å². The van der Waals surface area contributed by atoms with Crippen molar-refractivity contribution in [3.8, 4) is 0 Å². The first-order valence-corrected chi connectivity index (χ1v) is 10.3. The third-order valence-corrected chi connectivity index (χ3v) is 6.33. The molecular formula is C18H18BrF3N2O3S. The third kappa shape index (κ3) is 5.55. The number of hydrogen-bond donors (Lipinski definition) is 1. The minimum Gasteiger partial charge on any atom is -0.348 e. The Bertz CT molecular complexity index is 947. The minimum absolute atomic E-state index is 0.0249. The second-order valence-corrected chi connectivity index (χ2v) is 9.09. The zero-order chi connectivity index (χ0) is 21.1. The van der Waals surface area contributed by atoms with Gasteiger partial charge < -0.3 is 5.32 Å². The lowest BCUT2D eigenvalue weighted by Crippen LogP contribution is -2.39. The summed E-state index contributed by atoms with van der Waals surface area (Å²) in [6, 6.07) is 9.82. The molecule has 0 aliphatic heterocycles. The molecule has 1 amide bonds. The highest BCUT2D eigenvalue weighted by atomic mass is 79.9. The highest BCUT2D eigenvalue weighted by Crippen LogP contribution is 2.30. The number of nitrogens with one attached hydrogen (secondary N) is 1. The van der Waals surface area contributed by atoms with Gasteiger partial charge in [0.15, 0.2) is 0 Å². The van der Waals surface area contributed by atoms with E-state index in [2.05, 4.69) is 21.2 Å². The van der Waals surface area contributed by atoms with Crippen molar-refractivity contribution < 1.29 is 26.4 Å². The van der Waals surface area contributed by atoms with Crippen LogP contribution in [0.5, 0.6) is 0 Å². The number of halogens is 4. The van der Waals surface area contributed by atoms with E-state index in [4.69, 9.17) is 0 Å². The number of rotatable bonds is 6. The molecule has 0 aromatic heterocycles. The van der Waals surface area contributed by atoms with Crippen LogP contribution in [0.25, 0.3) is 0 Å². The van der Waals surface area contributed by atoms with Gasteiger partial charge in [0.2, 0.25) is 15.9 Å². The van der Waals surface area contributed by atoms with Gasteiger partial charge in [0.1, 0.15) is 0 Å². The molecule has 1 atom stereocenters. The van der Waals surface area contributed by atoms with Crippen molar-refractivity contribution in [1.82, 2.24) is 9.62 Å². The van der Waals surface area contributed by atoms with Gasteiger partial charge >= 0.3 is 6.18 Å². The molecule has 28 heavy (non-hydrogen) atoms. The number of amides is 1. The van der Waals surface area contributed by atoms with Crippen molar-refractivity contribution in [2.24, 2.45) is 0 Å². The van der Waals surface area contributed by atoms with E-state index in [0.29, 0.717) is 4.47 Å². The molecule has 1 unspecified atom stereocenters. The monoisotopic (exact) mass is 478 g/mol. The Morgan fingerprint density at radius 3 is 2.36 bits per heavy atom. The molecule has 0 radical (unpaired) electrons. The maximum absolute atomic E-state index is 12.8. The number of hydrogen-bond acceptors (Lipinski definition) is 3. The van der Waals surface area contributed by atoms with Crippen LogP contribution in [0.2, 0.25) is 0 Å². The molecule has 10 heteroatoms. The van der Waals surface area contributed by atoms with Crippen molar-refractivity contribution >= 4 is 31.9 Å². The fraction of sp³-hybridized carbons (Fsp3) is 0.278. The smallest absolute Gasteiger partial charge is 0.348 e. The number of likely N-dealkylation sites (N-methyl/N-ethyl adjacent to an activating group) is 1. The topological polar surface area (TPSA) is 66.5 Å². The number of alkyl halides is 3. The van der Waals surface area contributed by atoms with Crippen LogP contribution >= 0.6 is 15.9 Å². The molecule has 0 aliphatic carbocycles. The predicted octanol–water partition coefficient (Wildman–Crippen LogP) is 3.97. The van der Waals surface area contributed by atoms with E-state index >= 15 is 0 Å². The molecule has 2 rings (SSSR count). The normalized spacial score (nSPS) is 13.4. The number of carbonyl (C=O) groups is 1. The van der Waals surface area contributed by atoms with Gasteiger partial charge in [0, 0.05) is 11.5 Å². The van der Waals surface area contributed by atoms with Crippen LogP contribution in [0, 0.1) is 0 Å². The summed E-state index contributed by atoms with van der Waals surface area (Å²) in [6.07, 6.45) is -4.49. The van der Waals surface area contributed by atoms with Crippen LogP contribution in [0.1, 0.15) is 24.1 Å². The number of nitrogens with zero attached hydrogens (tertiary/aromatic N) is 1. The molecular weight excluding hydrogens is 461 g/mol. The summed E-state index contributed by atoms with van der Waals surface area (Å²) in [4.78, 5) is 12.2. The summed E-state index contributed by atoms with van der Waals surface area (Å²) >= 11 is 3.21. The van der Waals surface area contributed by atoms with Gasteiger partial charge in [-0.25, -0.2) is 8.42 Å². The van der Waals surface area contributed by atoms with E-state index in [-0.39, 0.29) is 10.5 Å². The van der Waals surface area contributed by atoms with Crippen molar-refractivity contribution in [3.05, 3.63) is 64.1 Å². The Labute approximate surface area is 169 Å². The first-order valence-electron chi connectivity index (χ1n) is 8.09. The van der Waals surface area contributed by atoms with Crippen LogP contribution in [-0.2, 0) is 21.0 Å². The molecule has 5 nitrogen and oxygen atoms in total. The lowest BCUT2D eigenvalue weighted by molar-refractivity contribution is -0.137. The SMILES string of the molecule is CC(NC(=O)CN(C)S(=O)(=O)c1ccc(Br)cc1)c1cccc(C(F)(F)F)c1. The Hall–Kier alpha value is -1.91. The summed E-state index contributed by atoms with van der Waals surface area (Å²) in [5.74, 6) is -0.631. The lowest BCUT2D eigenvalue weighted by Gasteiger charge is -2.20. The molecule has 0 saturated carbocycles. The summed E-state index contributed by atoms with van der Waals surface area (Å²) in [5.41, 5.74) is -0.553. The Balaban J connectivity index is 2.06. The zero-order valence-corrected chi connectivity index (χ0v) is 17.4. The van der Waals surface area contributed by atoms with Crippen molar-refractivity contribution in [2.75, 3.05) is 13.6 Å². The summed E-state index contributed by atoms with van der Waals surface area (Å²) in [7, 11) is -2.62. The van der Waals surface area contributed by atoms with Gasteiger partial charge in [-0.05, 0) is 48.9 Å². The average molecular weight is 479 g/mol. The van der Waals surface area contributed by atoms with Gasteiger partial charge in [0.05, 0.1) is 23.0 Å². The molecule has 0 aliphatic rings. The molecule has 0 heterocycles. The molecule has 2 aromatic carbocycles. The van der Waals surface area contributed by atoms with Gasteiger partial charge in [-0.1, -0.05) is 28.1 Å². The lowest BCUT2D eigenvalue weighted by atomic mass is 10.0. The first-order chi connectivity index (χ1) is 12.9. The highest BCUT2D eigenvalue weighted by molar-refractivity contribution is 9.10. The van der Waals surface area contributed by atoms with Gasteiger partial charge in [-0.2, -0.15) is 17.5 Å². The second-order valence-electron chi connectivity index (χ2n) is 6.13. The van der Waals surface area contributed by atoms with Crippen LogP contribution in [-0.4, -0.2) is 32.2 Å². The van der Waals surface area contributed by atoms with Crippen molar-refractivity contribution in [1.29, 1.82) is 0 Å². The van der Waals surface area contributed by atoms with E-state index in [9.17, 15) is 26.4 Å². The molecule has 0 bridgehead atoms. The Morgan fingerprint density at radius 2 is 1.79 bits per heavy atom. The maximum atomic E-state index is 12.8. The fourth-order valence-electron chi connectivity index (χ4n) is 2.43. The Morgan fingerprint density at radius 1 is 1.18 bits per heavy atom. The number of benzene rings is 2. The molecule has 0 saturated heterocycles. The van der Waals surface area contributed by atoms with E-state index in [1.165, 1.54) is 38.2 Å². The third-order valence-electron chi connectivity index (χ3n) is 3.98. The number of carbonyl (C=O) groups excluding carboxylic acids is 1. The summed E-state index contributed by atoms with van der Waals surface area (Å²) in [6.45, 7) is 1.05. The van der Waals surface area contributed by atoms with Crippen LogP contribution in [0.15, 0.2) is 57.9 Å². The molecule has 152 valence electrons. The second kappa shape index (κ2) is 8.62. The largest absolute Gasteiger partial charge is 0.416 e. The molecule has 0 fully saturated rings. The average Bonchev–Trinajstić information content (AvgIpc) is 2.61. The number of sulfonamides is 1. The predicted molar refractivity (Wildman–Crippen MR) is 102 cm³/mol. The van der Waals surface area contributed by atoms with Crippen LogP contribution in [0.4, 0.5) is 13.2 Å². The van der Waals surface area contributed by atoms with Gasteiger partial charge in [-0.3, -0.25) is 4.79 Å². The van der Waals surface area contributed by atoms with E-state index in [1.54, 1.807) is 12.1 Å².